The Labute approximate surface area is 198 Å². The van der Waals surface area contributed by atoms with Crippen molar-refractivity contribution in [3.63, 3.8) is 0 Å². The Kier molecular flexibility index (Phi) is 6.02. The SMILES string of the molecule is CC#CC(=O)N1CCC[C@@H](N2NC(c3ccc(Oc4ccccc4)cc3)c3c(N)ncnc32)C1. The van der Waals surface area contributed by atoms with Crippen molar-refractivity contribution in [2.75, 3.05) is 23.8 Å². The van der Waals surface area contributed by atoms with Crippen molar-refractivity contribution in [1.82, 2.24) is 20.3 Å². The molecular formula is C26H26N6O2. The van der Waals surface area contributed by atoms with Gasteiger partial charge in [0.1, 0.15) is 23.6 Å². The first-order valence-corrected chi connectivity index (χ1v) is 11.3. The maximum Gasteiger partial charge on any atom is 0.298 e. The third-order valence-corrected chi connectivity index (χ3v) is 6.15. The molecule has 2 aromatic carbocycles. The molecule has 3 heterocycles. The fraction of sp³-hybridized carbons (Fsp3) is 0.269. The van der Waals surface area contributed by atoms with Gasteiger partial charge in [0.25, 0.3) is 5.91 Å². The molecule has 2 atom stereocenters. The largest absolute Gasteiger partial charge is 0.457 e. The molecule has 1 unspecified atom stereocenters. The van der Waals surface area contributed by atoms with Crippen LogP contribution in [0.2, 0.25) is 0 Å². The zero-order chi connectivity index (χ0) is 23.5. The number of fused-ring (bicyclic) bond motifs is 1. The standard InChI is InChI=1S/C26H26N6O2/c1-2-7-22(33)31-15-6-8-19(16-31)32-26-23(25(27)28-17-29-26)24(30-32)18-11-13-21(14-12-18)34-20-9-4-3-5-10-20/h3-5,9-14,17,19,24,30H,6,8,15-16H2,1H3,(H2,27,28,29)/t19-,24?/m1/s1. The number of carbonyl (C=O) groups excluding carboxylic acids is 1. The summed E-state index contributed by atoms with van der Waals surface area (Å²) in [6.07, 6.45) is 3.30. The minimum atomic E-state index is -0.205. The van der Waals surface area contributed by atoms with Crippen LogP contribution in [-0.2, 0) is 4.79 Å². The Morgan fingerprint density at radius 1 is 1.12 bits per heavy atom. The van der Waals surface area contributed by atoms with Crippen molar-refractivity contribution in [3.05, 3.63) is 72.1 Å². The number of aromatic nitrogens is 2. The van der Waals surface area contributed by atoms with Crippen LogP contribution in [0.5, 0.6) is 11.5 Å². The predicted octanol–water partition coefficient (Wildman–Crippen LogP) is 3.28. The molecule has 0 bridgehead atoms. The van der Waals surface area contributed by atoms with E-state index in [0.717, 1.165) is 41.3 Å². The van der Waals surface area contributed by atoms with Gasteiger partial charge in [-0.2, -0.15) is 0 Å². The van der Waals surface area contributed by atoms with Gasteiger partial charge >= 0.3 is 0 Å². The van der Waals surface area contributed by atoms with Crippen LogP contribution >= 0.6 is 0 Å². The van der Waals surface area contributed by atoms with Crippen LogP contribution < -0.4 is 20.9 Å². The molecule has 1 aromatic heterocycles. The topological polar surface area (TPSA) is 96.6 Å². The number of ether oxygens (including phenoxy) is 1. The van der Waals surface area contributed by atoms with Gasteiger partial charge in [0, 0.05) is 13.1 Å². The van der Waals surface area contributed by atoms with E-state index in [1.54, 1.807) is 11.8 Å². The highest BCUT2D eigenvalue weighted by Gasteiger charge is 2.38. The van der Waals surface area contributed by atoms with Crippen molar-refractivity contribution in [2.24, 2.45) is 0 Å². The van der Waals surface area contributed by atoms with E-state index in [-0.39, 0.29) is 18.0 Å². The third kappa shape index (κ3) is 4.26. The Bertz CT molecular complexity index is 1240. The lowest BCUT2D eigenvalue weighted by Crippen LogP contribution is -2.53. The summed E-state index contributed by atoms with van der Waals surface area (Å²) in [4.78, 5) is 23.0. The van der Waals surface area contributed by atoms with Gasteiger partial charge in [0.15, 0.2) is 5.82 Å². The number of rotatable bonds is 4. The molecule has 2 aliphatic rings. The molecule has 1 fully saturated rings. The number of piperidine rings is 1. The summed E-state index contributed by atoms with van der Waals surface area (Å²) in [7, 11) is 0. The Hall–Kier alpha value is -4.09. The van der Waals surface area contributed by atoms with E-state index < -0.39 is 0 Å². The summed E-state index contributed by atoms with van der Waals surface area (Å²) in [6.45, 7) is 2.96. The van der Waals surface area contributed by atoms with Gasteiger partial charge < -0.3 is 15.4 Å². The van der Waals surface area contributed by atoms with E-state index in [2.05, 4.69) is 27.2 Å². The highest BCUT2D eigenvalue weighted by molar-refractivity contribution is 5.93. The molecule has 3 N–H and O–H groups in total. The molecule has 3 aromatic rings. The van der Waals surface area contributed by atoms with Crippen LogP contribution in [0.15, 0.2) is 60.9 Å². The summed E-state index contributed by atoms with van der Waals surface area (Å²) in [5.41, 5.74) is 11.8. The van der Waals surface area contributed by atoms with Crippen LogP contribution in [0.3, 0.4) is 0 Å². The van der Waals surface area contributed by atoms with E-state index >= 15 is 0 Å². The average molecular weight is 455 g/mol. The lowest BCUT2D eigenvalue weighted by Gasteiger charge is -2.37. The summed E-state index contributed by atoms with van der Waals surface area (Å²) >= 11 is 0. The summed E-state index contributed by atoms with van der Waals surface area (Å²) in [5.74, 6) is 7.94. The smallest absolute Gasteiger partial charge is 0.298 e. The zero-order valence-electron chi connectivity index (χ0n) is 18.9. The summed E-state index contributed by atoms with van der Waals surface area (Å²) < 4.78 is 5.93. The fourth-order valence-corrected chi connectivity index (χ4v) is 4.54. The first-order valence-electron chi connectivity index (χ1n) is 11.3. The number of carbonyl (C=O) groups is 1. The molecule has 8 nitrogen and oxygen atoms in total. The zero-order valence-corrected chi connectivity index (χ0v) is 18.9. The molecule has 8 heteroatoms. The van der Waals surface area contributed by atoms with Gasteiger partial charge in [-0.3, -0.25) is 9.80 Å². The van der Waals surface area contributed by atoms with Crippen molar-refractivity contribution in [3.8, 4) is 23.3 Å². The van der Waals surface area contributed by atoms with Crippen molar-refractivity contribution in [1.29, 1.82) is 0 Å². The van der Waals surface area contributed by atoms with Crippen LogP contribution in [0.1, 0.15) is 36.9 Å². The number of nitrogens with two attached hydrogens (primary N) is 1. The maximum absolute atomic E-state index is 12.4. The van der Waals surface area contributed by atoms with E-state index in [1.165, 1.54) is 6.33 Å². The lowest BCUT2D eigenvalue weighted by molar-refractivity contribution is -0.126. The van der Waals surface area contributed by atoms with E-state index in [1.807, 2.05) is 59.6 Å². The van der Waals surface area contributed by atoms with Crippen LogP contribution in [-0.4, -0.2) is 39.9 Å². The summed E-state index contributed by atoms with van der Waals surface area (Å²) in [6, 6.07) is 17.4. The van der Waals surface area contributed by atoms with E-state index in [4.69, 9.17) is 10.5 Å². The fourth-order valence-electron chi connectivity index (χ4n) is 4.54. The molecule has 0 spiro atoms. The van der Waals surface area contributed by atoms with Crippen molar-refractivity contribution in [2.45, 2.75) is 31.8 Å². The van der Waals surface area contributed by atoms with Gasteiger partial charge in [-0.1, -0.05) is 36.3 Å². The summed E-state index contributed by atoms with van der Waals surface area (Å²) in [5, 5.41) is 2.05. The molecule has 0 radical (unpaired) electrons. The van der Waals surface area contributed by atoms with Gasteiger partial charge in [0.05, 0.1) is 17.6 Å². The molecule has 172 valence electrons. The average Bonchev–Trinajstić information content (AvgIpc) is 3.26. The first kappa shape index (κ1) is 21.7. The number of hydrogen-bond acceptors (Lipinski definition) is 7. The lowest BCUT2D eigenvalue weighted by atomic mass is 10.0. The Morgan fingerprint density at radius 3 is 2.65 bits per heavy atom. The Balaban J connectivity index is 1.39. The third-order valence-electron chi connectivity index (χ3n) is 6.15. The second-order valence-electron chi connectivity index (χ2n) is 8.33. The molecule has 0 saturated carbocycles. The quantitative estimate of drug-likeness (QED) is 0.584. The Morgan fingerprint density at radius 2 is 1.88 bits per heavy atom. The van der Waals surface area contributed by atoms with Crippen molar-refractivity contribution >= 4 is 17.5 Å². The van der Waals surface area contributed by atoms with Gasteiger partial charge in [-0.05, 0) is 55.5 Å². The van der Waals surface area contributed by atoms with Gasteiger partial charge in [-0.15, -0.1) is 0 Å². The molecular weight excluding hydrogens is 428 g/mol. The highest BCUT2D eigenvalue weighted by Crippen LogP contribution is 2.40. The number of amides is 1. The number of benzene rings is 2. The van der Waals surface area contributed by atoms with Gasteiger partial charge in [-0.25, -0.2) is 15.4 Å². The molecule has 5 rings (SSSR count). The van der Waals surface area contributed by atoms with Crippen LogP contribution in [0.4, 0.5) is 11.6 Å². The second-order valence-corrected chi connectivity index (χ2v) is 8.33. The normalized spacial score (nSPS) is 19.2. The number of likely N-dealkylation sites (tertiary alicyclic amines) is 1. The molecule has 1 saturated heterocycles. The number of nitrogen functional groups attached to an aromatic ring is 1. The first-order chi connectivity index (χ1) is 16.6. The van der Waals surface area contributed by atoms with E-state index in [0.29, 0.717) is 18.9 Å². The minimum Gasteiger partial charge on any atom is -0.457 e. The number of para-hydroxylation sites is 1. The van der Waals surface area contributed by atoms with Crippen molar-refractivity contribution < 1.29 is 9.53 Å². The molecule has 0 aliphatic carbocycles. The van der Waals surface area contributed by atoms with Crippen LogP contribution in [0.25, 0.3) is 0 Å². The van der Waals surface area contributed by atoms with E-state index in [9.17, 15) is 4.79 Å². The highest BCUT2D eigenvalue weighted by atomic mass is 16.5. The van der Waals surface area contributed by atoms with Crippen LogP contribution in [0, 0.1) is 11.8 Å². The molecule has 34 heavy (non-hydrogen) atoms. The number of hydrazine groups is 1. The molecule has 1 amide bonds. The predicted molar refractivity (Wildman–Crippen MR) is 130 cm³/mol. The minimum absolute atomic E-state index is 0.0510. The number of nitrogens with zero attached hydrogens (tertiary/aromatic N) is 4. The maximum atomic E-state index is 12.4. The second kappa shape index (κ2) is 9.41. The monoisotopic (exact) mass is 454 g/mol. The number of anilines is 2. The molecule has 2 aliphatic heterocycles. The van der Waals surface area contributed by atoms with Gasteiger partial charge in [0.2, 0.25) is 0 Å². The number of hydrogen-bond donors (Lipinski definition) is 2. The number of nitrogens with one attached hydrogen (secondary N) is 1.